The van der Waals surface area contributed by atoms with E-state index in [2.05, 4.69) is 140 Å². The van der Waals surface area contributed by atoms with E-state index in [1.165, 1.54) is 52.8 Å². The molecule has 4 heteroatoms. The normalized spacial score (nSPS) is 11.9. The topological polar surface area (TPSA) is 38.9 Å². The predicted molar refractivity (Wildman–Crippen MR) is 194 cm³/mol. The minimum absolute atomic E-state index is 0.704. The van der Waals surface area contributed by atoms with E-state index in [9.17, 15) is 0 Å². The van der Waals surface area contributed by atoms with Crippen molar-refractivity contribution in [3.63, 3.8) is 0 Å². The van der Waals surface area contributed by atoms with E-state index in [4.69, 9.17) is 14.4 Å². The maximum Gasteiger partial charge on any atom is 0.180 e. The molecule has 0 atom stereocenters. The Balaban J connectivity index is 1.13. The van der Waals surface area contributed by atoms with Crippen LogP contribution in [-0.2, 0) is 0 Å². The molecular formula is C42H24N2OS. The van der Waals surface area contributed by atoms with Crippen molar-refractivity contribution in [3.8, 4) is 33.5 Å². The molecule has 0 bridgehead atoms. The zero-order valence-corrected chi connectivity index (χ0v) is 25.4. The standard InChI is InChI=1S/C42H24N2OS/c1-2-12-29-26(9-1)22-35(32-14-4-3-13-31(29)32)27-19-20-37-36(23-27)40-41(45-37)39(43-24-44-40)28-11-7-10-25(21-28)30-16-8-17-34-33-15-5-6-18-38(33)46-42(30)34/h1-24H. The molecule has 3 heterocycles. The van der Waals surface area contributed by atoms with Crippen LogP contribution in [0.4, 0.5) is 0 Å². The maximum absolute atomic E-state index is 6.52. The quantitative estimate of drug-likeness (QED) is 0.188. The molecule has 0 amide bonds. The summed E-state index contributed by atoms with van der Waals surface area (Å²) in [5, 5.41) is 8.55. The second kappa shape index (κ2) is 9.83. The maximum atomic E-state index is 6.52. The van der Waals surface area contributed by atoms with Gasteiger partial charge in [0.05, 0.1) is 0 Å². The third-order valence-corrected chi connectivity index (χ3v) is 10.4. The lowest BCUT2D eigenvalue weighted by Gasteiger charge is -2.11. The summed E-state index contributed by atoms with van der Waals surface area (Å²) in [6.07, 6.45) is 1.66. The average Bonchev–Trinajstić information content (AvgIpc) is 3.69. The molecule has 0 unspecified atom stereocenters. The summed E-state index contributed by atoms with van der Waals surface area (Å²) in [7, 11) is 0. The molecule has 3 aromatic heterocycles. The van der Waals surface area contributed by atoms with Crippen LogP contribution in [0.1, 0.15) is 0 Å². The van der Waals surface area contributed by atoms with Crippen molar-refractivity contribution in [2.24, 2.45) is 0 Å². The molecule has 0 fully saturated rings. The molecule has 0 spiro atoms. The Morgan fingerprint density at radius 2 is 1.22 bits per heavy atom. The molecule has 0 radical (unpaired) electrons. The van der Waals surface area contributed by atoms with Gasteiger partial charge in [0.1, 0.15) is 23.1 Å². The molecule has 0 saturated carbocycles. The molecule has 0 aliphatic rings. The van der Waals surface area contributed by atoms with Crippen LogP contribution in [0.2, 0.25) is 0 Å². The monoisotopic (exact) mass is 604 g/mol. The zero-order chi connectivity index (χ0) is 30.2. The molecule has 0 aliphatic carbocycles. The summed E-state index contributed by atoms with van der Waals surface area (Å²) in [4.78, 5) is 9.50. The van der Waals surface area contributed by atoms with Crippen LogP contribution in [-0.4, -0.2) is 9.97 Å². The summed E-state index contributed by atoms with van der Waals surface area (Å²) in [5.41, 5.74) is 8.84. The van der Waals surface area contributed by atoms with Crippen LogP contribution in [0.25, 0.3) is 97.3 Å². The number of benzene rings is 7. The Labute approximate surface area is 268 Å². The Kier molecular flexibility index (Phi) is 5.45. The smallest absolute Gasteiger partial charge is 0.180 e. The first-order chi connectivity index (χ1) is 22.8. The van der Waals surface area contributed by atoms with E-state index in [-0.39, 0.29) is 0 Å². The van der Waals surface area contributed by atoms with E-state index >= 15 is 0 Å². The number of hydrogen-bond acceptors (Lipinski definition) is 4. The summed E-state index contributed by atoms with van der Waals surface area (Å²) in [6, 6.07) is 49.8. The van der Waals surface area contributed by atoms with E-state index in [0.717, 1.165) is 38.9 Å². The number of thiophene rings is 1. The number of rotatable bonds is 3. The van der Waals surface area contributed by atoms with Gasteiger partial charge >= 0.3 is 0 Å². The molecule has 10 aromatic rings. The lowest BCUT2D eigenvalue weighted by Crippen LogP contribution is -1.88. The molecule has 0 N–H and O–H groups in total. The van der Waals surface area contributed by atoms with Crippen LogP contribution in [0.3, 0.4) is 0 Å². The van der Waals surface area contributed by atoms with Crippen LogP contribution in [0.15, 0.2) is 150 Å². The fourth-order valence-electron chi connectivity index (χ4n) is 7.05. The average molecular weight is 605 g/mol. The molecular weight excluding hydrogens is 581 g/mol. The number of furan rings is 1. The van der Waals surface area contributed by atoms with Crippen molar-refractivity contribution in [3.05, 3.63) is 146 Å². The fraction of sp³-hybridized carbons (Fsp3) is 0. The van der Waals surface area contributed by atoms with E-state index in [0.29, 0.717) is 5.58 Å². The van der Waals surface area contributed by atoms with Gasteiger partial charge in [-0.05, 0) is 74.1 Å². The van der Waals surface area contributed by atoms with Crippen molar-refractivity contribution in [1.82, 2.24) is 9.97 Å². The van der Waals surface area contributed by atoms with Crippen LogP contribution in [0, 0.1) is 0 Å². The molecule has 0 aliphatic heterocycles. The summed E-state index contributed by atoms with van der Waals surface area (Å²) in [6.45, 7) is 0. The molecule has 0 saturated heterocycles. The number of nitrogens with zero attached hydrogens (tertiary/aromatic N) is 2. The predicted octanol–water partition coefficient (Wildman–Crippen LogP) is 12.1. The second-order valence-corrected chi connectivity index (χ2v) is 12.8. The van der Waals surface area contributed by atoms with Crippen molar-refractivity contribution in [2.75, 3.05) is 0 Å². The van der Waals surface area contributed by atoms with E-state index in [1.54, 1.807) is 6.33 Å². The van der Waals surface area contributed by atoms with Crippen LogP contribution < -0.4 is 0 Å². The van der Waals surface area contributed by atoms with Gasteiger partial charge in [-0.3, -0.25) is 0 Å². The molecule has 10 rings (SSSR count). The van der Waals surface area contributed by atoms with Crippen molar-refractivity contribution < 1.29 is 4.42 Å². The van der Waals surface area contributed by atoms with Gasteiger partial charge in [-0.1, -0.05) is 109 Å². The van der Waals surface area contributed by atoms with Gasteiger partial charge in [0.25, 0.3) is 0 Å². The SMILES string of the molecule is c1cc(-c2ncnc3c2oc2ccc(-c4cc5ccccc5c5ccccc45)cc23)cc(-c2cccc3c2sc2ccccc23)c1. The number of fused-ring (bicyclic) bond motifs is 9. The third kappa shape index (κ3) is 3.77. The second-order valence-electron chi connectivity index (χ2n) is 11.8. The van der Waals surface area contributed by atoms with Crippen molar-refractivity contribution in [2.45, 2.75) is 0 Å². The van der Waals surface area contributed by atoms with Gasteiger partial charge in [-0.2, -0.15) is 0 Å². The highest BCUT2D eigenvalue weighted by Crippen LogP contribution is 2.42. The van der Waals surface area contributed by atoms with Gasteiger partial charge in [-0.15, -0.1) is 11.3 Å². The Morgan fingerprint density at radius 1 is 0.478 bits per heavy atom. The number of hydrogen-bond donors (Lipinski definition) is 0. The lowest BCUT2D eigenvalue weighted by molar-refractivity contribution is 0.667. The van der Waals surface area contributed by atoms with E-state index < -0.39 is 0 Å². The van der Waals surface area contributed by atoms with Gasteiger partial charge in [0.15, 0.2) is 5.58 Å². The Bertz CT molecular complexity index is 2830. The minimum Gasteiger partial charge on any atom is -0.452 e. The first-order valence-electron chi connectivity index (χ1n) is 15.4. The van der Waals surface area contributed by atoms with E-state index in [1.807, 2.05) is 11.3 Å². The Hall–Kier alpha value is -5.84. The van der Waals surface area contributed by atoms with Crippen molar-refractivity contribution in [1.29, 1.82) is 0 Å². The highest BCUT2D eigenvalue weighted by molar-refractivity contribution is 7.26. The zero-order valence-electron chi connectivity index (χ0n) is 24.6. The van der Waals surface area contributed by atoms with Gasteiger partial charge < -0.3 is 4.42 Å². The molecule has 214 valence electrons. The summed E-state index contributed by atoms with van der Waals surface area (Å²) in [5.74, 6) is 0. The Morgan fingerprint density at radius 3 is 2.15 bits per heavy atom. The minimum atomic E-state index is 0.704. The third-order valence-electron chi connectivity index (χ3n) is 9.18. The number of aromatic nitrogens is 2. The first-order valence-corrected chi connectivity index (χ1v) is 16.2. The van der Waals surface area contributed by atoms with Gasteiger partial charge in [-0.25, -0.2) is 9.97 Å². The largest absolute Gasteiger partial charge is 0.452 e. The molecule has 46 heavy (non-hydrogen) atoms. The van der Waals surface area contributed by atoms with Gasteiger partial charge in [0, 0.05) is 31.1 Å². The van der Waals surface area contributed by atoms with Gasteiger partial charge in [0.2, 0.25) is 0 Å². The lowest BCUT2D eigenvalue weighted by atomic mass is 9.93. The van der Waals surface area contributed by atoms with Crippen LogP contribution >= 0.6 is 11.3 Å². The summed E-state index contributed by atoms with van der Waals surface area (Å²) < 4.78 is 9.12. The fourth-order valence-corrected chi connectivity index (χ4v) is 8.29. The molecule has 3 nitrogen and oxygen atoms in total. The highest BCUT2D eigenvalue weighted by atomic mass is 32.1. The molecule has 7 aromatic carbocycles. The van der Waals surface area contributed by atoms with Crippen molar-refractivity contribution >= 4 is 75.1 Å². The summed E-state index contributed by atoms with van der Waals surface area (Å²) >= 11 is 1.85. The van der Waals surface area contributed by atoms with Crippen LogP contribution in [0.5, 0.6) is 0 Å². The first kappa shape index (κ1) is 25.5. The highest BCUT2D eigenvalue weighted by Gasteiger charge is 2.18.